The molecule has 9 nitrogen and oxygen atoms in total. The van der Waals surface area contributed by atoms with Gasteiger partial charge in [0.25, 0.3) is 0 Å². The third-order valence-electron chi connectivity index (χ3n) is 4.51. The first-order valence-corrected chi connectivity index (χ1v) is 10.0. The van der Waals surface area contributed by atoms with Crippen molar-refractivity contribution in [2.45, 2.75) is 6.42 Å². The van der Waals surface area contributed by atoms with E-state index in [1.54, 1.807) is 36.4 Å². The Morgan fingerprint density at radius 3 is 2.18 bits per heavy atom. The van der Waals surface area contributed by atoms with E-state index >= 15 is 0 Å². The van der Waals surface area contributed by atoms with Gasteiger partial charge in [-0.2, -0.15) is 10.2 Å². The lowest BCUT2D eigenvalue weighted by molar-refractivity contribution is -0.136. The van der Waals surface area contributed by atoms with Crippen LogP contribution >= 0.6 is 0 Å². The number of carbonyl (C=O) groups excluding carboxylic acids is 2. The summed E-state index contributed by atoms with van der Waals surface area (Å²) in [6.45, 7) is 0.284. The molecule has 0 aliphatic carbocycles. The van der Waals surface area contributed by atoms with Crippen LogP contribution in [-0.4, -0.2) is 38.3 Å². The minimum absolute atomic E-state index is 0.284. The maximum absolute atomic E-state index is 13.0. The van der Waals surface area contributed by atoms with Gasteiger partial charge in [0.15, 0.2) is 5.82 Å². The van der Waals surface area contributed by atoms with Gasteiger partial charge < -0.3 is 15.4 Å². The summed E-state index contributed by atoms with van der Waals surface area (Å²) in [5.41, 5.74) is 1.33. The molecular formula is C23H19FN6O3. The van der Waals surface area contributed by atoms with Crippen LogP contribution < -0.4 is 15.4 Å². The fraction of sp³-hybridized carbons (Fsp3) is 0.0870. The number of benzene rings is 2. The molecule has 2 aromatic carbocycles. The Hall–Kier alpha value is -4.60. The fourth-order valence-corrected chi connectivity index (χ4v) is 2.86. The molecule has 0 atom stereocenters. The molecule has 0 aliphatic rings. The van der Waals surface area contributed by atoms with E-state index in [1.807, 2.05) is 12.1 Å². The Morgan fingerprint density at radius 1 is 0.879 bits per heavy atom. The maximum atomic E-state index is 13.0. The Labute approximate surface area is 188 Å². The van der Waals surface area contributed by atoms with Crippen molar-refractivity contribution < 1.29 is 18.7 Å². The van der Waals surface area contributed by atoms with Crippen molar-refractivity contribution in [3.63, 3.8) is 0 Å². The number of anilines is 1. The maximum Gasteiger partial charge on any atom is 0.313 e. The summed E-state index contributed by atoms with van der Waals surface area (Å²) in [5.74, 6) is -0.238. The lowest BCUT2D eigenvalue weighted by atomic mass is 10.1. The van der Waals surface area contributed by atoms with Crippen molar-refractivity contribution in [3.8, 4) is 17.3 Å². The Balaban J connectivity index is 1.21. The summed E-state index contributed by atoms with van der Waals surface area (Å²) in [4.78, 5) is 29.6. The van der Waals surface area contributed by atoms with Crippen LogP contribution in [0.3, 0.4) is 0 Å². The average Bonchev–Trinajstić information content (AvgIpc) is 3.37. The third kappa shape index (κ3) is 5.97. The summed E-state index contributed by atoms with van der Waals surface area (Å²) >= 11 is 0. The van der Waals surface area contributed by atoms with Gasteiger partial charge in [-0.15, -0.1) is 4.80 Å². The van der Waals surface area contributed by atoms with E-state index in [0.717, 1.165) is 5.56 Å². The van der Waals surface area contributed by atoms with Crippen LogP contribution in [0.1, 0.15) is 5.56 Å². The molecule has 4 aromatic rings. The van der Waals surface area contributed by atoms with Gasteiger partial charge in [0, 0.05) is 6.54 Å². The Kier molecular flexibility index (Phi) is 6.64. The van der Waals surface area contributed by atoms with Gasteiger partial charge in [-0.25, -0.2) is 9.37 Å². The molecule has 0 saturated heterocycles. The molecule has 0 fully saturated rings. The van der Waals surface area contributed by atoms with Crippen LogP contribution in [0.2, 0.25) is 0 Å². The highest BCUT2D eigenvalue weighted by atomic mass is 19.1. The molecule has 0 saturated carbocycles. The zero-order valence-corrected chi connectivity index (χ0v) is 17.3. The van der Waals surface area contributed by atoms with Crippen molar-refractivity contribution in [2.75, 3.05) is 11.9 Å². The molecule has 0 aliphatic heterocycles. The molecule has 2 amide bonds. The molecule has 0 bridgehead atoms. The highest BCUT2D eigenvalue weighted by molar-refractivity contribution is 6.39. The second kappa shape index (κ2) is 10.1. The largest absolute Gasteiger partial charge is 0.457 e. The second-order valence-electron chi connectivity index (χ2n) is 6.88. The molecule has 0 unspecified atom stereocenters. The number of aromatic nitrogens is 4. The molecule has 2 N–H and O–H groups in total. The number of carbonyl (C=O) groups is 2. The van der Waals surface area contributed by atoms with E-state index in [-0.39, 0.29) is 12.4 Å². The Morgan fingerprint density at radius 2 is 1.55 bits per heavy atom. The standard InChI is InChI=1S/C23H19FN6O3/c24-17-3-8-20(9-4-17)33-19-6-1-16(2-7-19)11-12-25-22(31)23(32)29-18-5-10-21(26-15-18)30-27-13-14-28-30/h1-10,13-15H,11-12H2,(H,25,31)(H,29,32). The van der Waals surface area contributed by atoms with Crippen LogP contribution in [0.15, 0.2) is 79.3 Å². The SMILES string of the molecule is O=C(NCCc1ccc(Oc2ccc(F)cc2)cc1)C(=O)Nc1ccc(-n2nccn2)nc1. The summed E-state index contributed by atoms with van der Waals surface area (Å²) < 4.78 is 18.6. The molecule has 4 rings (SSSR count). The summed E-state index contributed by atoms with van der Waals surface area (Å²) in [6, 6.07) is 16.2. The number of ether oxygens (including phenoxy) is 1. The molecule has 0 radical (unpaired) electrons. The molecule has 33 heavy (non-hydrogen) atoms. The van der Waals surface area contributed by atoms with Crippen LogP contribution in [0, 0.1) is 5.82 Å². The van der Waals surface area contributed by atoms with E-state index in [0.29, 0.717) is 29.4 Å². The van der Waals surface area contributed by atoms with Crippen LogP contribution in [-0.2, 0) is 16.0 Å². The van der Waals surface area contributed by atoms with Crippen molar-refractivity contribution in [2.24, 2.45) is 0 Å². The van der Waals surface area contributed by atoms with Gasteiger partial charge in [-0.1, -0.05) is 12.1 Å². The molecule has 166 valence electrons. The monoisotopic (exact) mass is 446 g/mol. The first-order chi connectivity index (χ1) is 16.1. The lowest BCUT2D eigenvalue weighted by Crippen LogP contribution is -2.36. The number of hydrogen-bond acceptors (Lipinski definition) is 6. The third-order valence-corrected chi connectivity index (χ3v) is 4.51. The number of nitrogens with zero attached hydrogens (tertiary/aromatic N) is 4. The van der Waals surface area contributed by atoms with Gasteiger partial charge in [-0.3, -0.25) is 9.59 Å². The fourth-order valence-electron chi connectivity index (χ4n) is 2.86. The normalized spacial score (nSPS) is 10.5. The predicted octanol–water partition coefficient (Wildman–Crippen LogP) is 2.89. The second-order valence-corrected chi connectivity index (χ2v) is 6.88. The topological polar surface area (TPSA) is 111 Å². The number of halogens is 1. The zero-order valence-electron chi connectivity index (χ0n) is 17.3. The first kappa shape index (κ1) is 21.6. The first-order valence-electron chi connectivity index (χ1n) is 10.0. The van der Waals surface area contributed by atoms with Crippen molar-refractivity contribution >= 4 is 17.5 Å². The summed E-state index contributed by atoms with van der Waals surface area (Å²) in [5, 5.41) is 13.0. The van der Waals surface area contributed by atoms with E-state index in [1.165, 1.54) is 35.5 Å². The molecule has 2 aromatic heterocycles. The number of hydrogen-bond donors (Lipinski definition) is 2. The summed E-state index contributed by atoms with van der Waals surface area (Å²) in [6.07, 6.45) is 5.00. The highest BCUT2D eigenvalue weighted by Crippen LogP contribution is 2.21. The van der Waals surface area contributed by atoms with E-state index in [4.69, 9.17) is 4.74 Å². The van der Waals surface area contributed by atoms with Gasteiger partial charge in [0.05, 0.1) is 24.3 Å². The number of rotatable bonds is 7. The lowest BCUT2D eigenvalue weighted by Gasteiger charge is -2.08. The van der Waals surface area contributed by atoms with Crippen LogP contribution in [0.5, 0.6) is 11.5 Å². The number of nitrogens with one attached hydrogen (secondary N) is 2. The quantitative estimate of drug-likeness (QED) is 0.423. The van der Waals surface area contributed by atoms with E-state index < -0.39 is 11.8 Å². The molecule has 10 heteroatoms. The van der Waals surface area contributed by atoms with Gasteiger partial charge in [-0.05, 0) is 60.5 Å². The van der Waals surface area contributed by atoms with Gasteiger partial charge in [0.2, 0.25) is 0 Å². The Bertz CT molecular complexity index is 1210. The minimum Gasteiger partial charge on any atom is -0.457 e. The average molecular weight is 446 g/mol. The molecular weight excluding hydrogens is 427 g/mol. The number of pyridine rings is 1. The smallest absolute Gasteiger partial charge is 0.313 e. The zero-order chi connectivity index (χ0) is 23.0. The van der Waals surface area contributed by atoms with E-state index in [9.17, 15) is 14.0 Å². The van der Waals surface area contributed by atoms with Crippen molar-refractivity contribution in [3.05, 3.63) is 90.6 Å². The summed E-state index contributed by atoms with van der Waals surface area (Å²) in [7, 11) is 0. The van der Waals surface area contributed by atoms with Crippen molar-refractivity contribution in [1.29, 1.82) is 0 Å². The van der Waals surface area contributed by atoms with Crippen LogP contribution in [0.25, 0.3) is 5.82 Å². The number of amides is 2. The van der Waals surface area contributed by atoms with Crippen LogP contribution in [0.4, 0.5) is 10.1 Å². The minimum atomic E-state index is -0.787. The van der Waals surface area contributed by atoms with Crippen molar-refractivity contribution in [1.82, 2.24) is 25.3 Å². The van der Waals surface area contributed by atoms with Gasteiger partial charge >= 0.3 is 11.8 Å². The van der Waals surface area contributed by atoms with E-state index in [2.05, 4.69) is 25.8 Å². The predicted molar refractivity (Wildman–Crippen MR) is 117 cm³/mol. The highest BCUT2D eigenvalue weighted by Gasteiger charge is 2.13. The molecule has 0 spiro atoms. The van der Waals surface area contributed by atoms with Gasteiger partial charge in [0.1, 0.15) is 17.3 Å². The molecule has 2 heterocycles.